The Kier molecular flexibility index (Phi) is 3.69. The van der Waals surface area contributed by atoms with Crippen LogP contribution in [-0.4, -0.2) is 26.2 Å². The molecule has 0 spiro atoms. The smallest absolute Gasteiger partial charge is 0.128 e. The number of benzene rings is 2. The largest absolute Gasteiger partial charge is 0.397 e. The van der Waals surface area contributed by atoms with Gasteiger partial charge in [-0.05, 0) is 36.8 Å². The number of hydrogen-bond acceptors (Lipinski definition) is 3. The van der Waals surface area contributed by atoms with E-state index < -0.39 is 0 Å². The zero-order valence-corrected chi connectivity index (χ0v) is 12.2. The predicted octanol–water partition coefficient (Wildman–Crippen LogP) is 3.04. The average molecular weight is 285 g/mol. The summed E-state index contributed by atoms with van der Waals surface area (Å²) >= 11 is 0. The van der Waals surface area contributed by atoms with Crippen molar-refractivity contribution in [1.29, 1.82) is 0 Å². The van der Waals surface area contributed by atoms with Crippen molar-refractivity contribution in [1.82, 2.24) is 0 Å². The zero-order valence-electron chi connectivity index (χ0n) is 12.2. The summed E-state index contributed by atoms with van der Waals surface area (Å²) in [6.45, 7) is 5.45. The van der Waals surface area contributed by atoms with Crippen molar-refractivity contribution in [3.05, 3.63) is 53.8 Å². The first-order valence-electron chi connectivity index (χ1n) is 7.26. The molecule has 1 saturated heterocycles. The summed E-state index contributed by atoms with van der Waals surface area (Å²) in [7, 11) is 0. The molecule has 0 bridgehead atoms. The van der Waals surface area contributed by atoms with Gasteiger partial charge in [-0.3, -0.25) is 0 Å². The van der Waals surface area contributed by atoms with Crippen molar-refractivity contribution >= 4 is 17.1 Å². The molecular weight excluding hydrogens is 265 g/mol. The predicted molar refractivity (Wildman–Crippen MR) is 86.4 cm³/mol. The molecule has 2 N–H and O–H groups in total. The lowest BCUT2D eigenvalue weighted by molar-refractivity contribution is 0.617. The molecule has 3 rings (SSSR count). The van der Waals surface area contributed by atoms with E-state index >= 15 is 0 Å². The number of anilines is 3. The lowest BCUT2D eigenvalue weighted by atomic mass is 10.1. The Morgan fingerprint density at radius 2 is 1.57 bits per heavy atom. The summed E-state index contributed by atoms with van der Waals surface area (Å²) < 4.78 is 13.5. The molecule has 0 saturated carbocycles. The van der Waals surface area contributed by atoms with E-state index in [0.29, 0.717) is 11.3 Å². The van der Waals surface area contributed by atoms with Crippen LogP contribution in [0.3, 0.4) is 0 Å². The van der Waals surface area contributed by atoms with E-state index in [0.717, 1.165) is 31.9 Å². The molecule has 1 aliphatic rings. The highest BCUT2D eigenvalue weighted by molar-refractivity contribution is 5.69. The maximum atomic E-state index is 13.5. The van der Waals surface area contributed by atoms with E-state index in [1.807, 2.05) is 12.1 Å². The van der Waals surface area contributed by atoms with Crippen LogP contribution in [0.5, 0.6) is 0 Å². The fraction of sp³-hybridized carbons (Fsp3) is 0.294. The Balaban J connectivity index is 1.73. The number of rotatable bonds is 2. The van der Waals surface area contributed by atoms with Crippen molar-refractivity contribution in [2.45, 2.75) is 6.92 Å². The van der Waals surface area contributed by atoms with Gasteiger partial charge in [-0.15, -0.1) is 0 Å². The molecule has 0 aliphatic carbocycles. The summed E-state index contributed by atoms with van der Waals surface area (Å²) in [5, 5.41) is 0. The van der Waals surface area contributed by atoms with E-state index in [1.165, 1.54) is 11.8 Å². The number of hydrogen-bond donors (Lipinski definition) is 1. The van der Waals surface area contributed by atoms with Gasteiger partial charge in [0.2, 0.25) is 0 Å². The summed E-state index contributed by atoms with van der Waals surface area (Å²) in [6.07, 6.45) is 0. The van der Waals surface area contributed by atoms with Gasteiger partial charge in [-0.1, -0.05) is 18.2 Å². The Labute approximate surface area is 124 Å². The molecule has 0 amide bonds. The Hall–Kier alpha value is -2.23. The van der Waals surface area contributed by atoms with E-state index in [2.05, 4.69) is 34.1 Å². The molecule has 1 heterocycles. The first-order chi connectivity index (χ1) is 10.1. The number of para-hydroxylation sites is 1. The van der Waals surface area contributed by atoms with Gasteiger partial charge in [-0.2, -0.15) is 0 Å². The molecule has 0 aromatic heterocycles. The summed E-state index contributed by atoms with van der Waals surface area (Å²) in [5.74, 6) is -0.237. The number of nitrogen functional groups attached to an aromatic ring is 1. The number of nitrogens with zero attached hydrogens (tertiary/aromatic N) is 2. The Morgan fingerprint density at radius 3 is 2.24 bits per heavy atom. The van der Waals surface area contributed by atoms with Crippen molar-refractivity contribution in [2.75, 3.05) is 41.7 Å². The molecule has 110 valence electrons. The van der Waals surface area contributed by atoms with Crippen molar-refractivity contribution < 1.29 is 4.39 Å². The highest BCUT2D eigenvalue weighted by Gasteiger charge is 2.19. The topological polar surface area (TPSA) is 32.5 Å². The summed E-state index contributed by atoms with van der Waals surface area (Å²) in [4.78, 5) is 4.60. The van der Waals surface area contributed by atoms with E-state index in [9.17, 15) is 4.39 Å². The third kappa shape index (κ3) is 2.79. The lowest BCUT2D eigenvalue weighted by Crippen LogP contribution is -2.46. The van der Waals surface area contributed by atoms with Crippen LogP contribution in [0.15, 0.2) is 42.5 Å². The van der Waals surface area contributed by atoms with Crippen LogP contribution in [0.25, 0.3) is 0 Å². The average Bonchev–Trinajstić information content (AvgIpc) is 2.52. The van der Waals surface area contributed by atoms with Crippen LogP contribution in [0, 0.1) is 12.7 Å². The standard InChI is InChI=1S/C17H20FN3/c1-13-11-17(16(19)12-15(13)18)21-9-7-20(8-10-21)14-5-3-2-4-6-14/h2-6,11-12H,7-10,19H2,1H3. The highest BCUT2D eigenvalue weighted by atomic mass is 19.1. The monoisotopic (exact) mass is 285 g/mol. The van der Waals surface area contributed by atoms with Gasteiger partial charge in [0.15, 0.2) is 0 Å². The van der Waals surface area contributed by atoms with Gasteiger partial charge in [0, 0.05) is 31.9 Å². The summed E-state index contributed by atoms with van der Waals surface area (Å²) in [6, 6.07) is 13.7. The number of halogens is 1. The minimum atomic E-state index is -0.237. The molecular formula is C17H20FN3. The molecule has 0 unspecified atom stereocenters. The van der Waals surface area contributed by atoms with Crippen LogP contribution < -0.4 is 15.5 Å². The molecule has 2 aromatic carbocycles. The minimum absolute atomic E-state index is 0.237. The molecule has 1 fully saturated rings. The number of piperazine rings is 1. The van der Waals surface area contributed by atoms with Crippen LogP contribution in [0.2, 0.25) is 0 Å². The van der Waals surface area contributed by atoms with Crippen molar-refractivity contribution in [3.63, 3.8) is 0 Å². The van der Waals surface area contributed by atoms with Crippen LogP contribution in [-0.2, 0) is 0 Å². The molecule has 2 aromatic rings. The molecule has 4 heteroatoms. The molecule has 0 radical (unpaired) electrons. The molecule has 0 atom stereocenters. The SMILES string of the molecule is Cc1cc(N2CCN(c3ccccc3)CC2)c(N)cc1F. The van der Waals surface area contributed by atoms with Crippen molar-refractivity contribution in [3.8, 4) is 0 Å². The lowest BCUT2D eigenvalue weighted by Gasteiger charge is -2.38. The van der Waals surface area contributed by atoms with Gasteiger partial charge < -0.3 is 15.5 Å². The number of nitrogens with two attached hydrogens (primary N) is 1. The van der Waals surface area contributed by atoms with Gasteiger partial charge >= 0.3 is 0 Å². The maximum absolute atomic E-state index is 13.5. The second kappa shape index (κ2) is 5.64. The van der Waals surface area contributed by atoms with Crippen LogP contribution in [0.4, 0.5) is 21.5 Å². The molecule has 21 heavy (non-hydrogen) atoms. The van der Waals surface area contributed by atoms with E-state index in [-0.39, 0.29) is 5.82 Å². The van der Waals surface area contributed by atoms with Crippen LogP contribution >= 0.6 is 0 Å². The highest BCUT2D eigenvalue weighted by Crippen LogP contribution is 2.28. The van der Waals surface area contributed by atoms with E-state index in [1.54, 1.807) is 6.92 Å². The van der Waals surface area contributed by atoms with Gasteiger partial charge in [0.25, 0.3) is 0 Å². The quantitative estimate of drug-likeness (QED) is 0.861. The maximum Gasteiger partial charge on any atom is 0.128 e. The Bertz CT molecular complexity index is 619. The van der Waals surface area contributed by atoms with E-state index in [4.69, 9.17) is 5.73 Å². The van der Waals surface area contributed by atoms with Crippen LogP contribution in [0.1, 0.15) is 5.56 Å². The van der Waals surface area contributed by atoms with Crippen molar-refractivity contribution in [2.24, 2.45) is 0 Å². The fourth-order valence-electron chi connectivity index (χ4n) is 2.80. The fourth-order valence-corrected chi connectivity index (χ4v) is 2.80. The normalized spacial score (nSPS) is 15.3. The van der Waals surface area contributed by atoms with Gasteiger partial charge in [-0.25, -0.2) is 4.39 Å². The van der Waals surface area contributed by atoms with Gasteiger partial charge in [0.05, 0.1) is 11.4 Å². The second-order valence-corrected chi connectivity index (χ2v) is 5.47. The van der Waals surface area contributed by atoms with Gasteiger partial charge in [0.1, 0.15) is 5.82 Å². The first-order valence-corrected chi connectivity index (χ1v) is 7.26. The Morgan fingerprint density at radius 1 is 0.952 bits per heavy atom. The second-order valence-electron chi connectivity index (χ2n) is 5.47. The minimum Gasteiger partial charge on any atom is -0.397 e. The third-order valence-corrected chi connectivity index (χ3v) is 4.05. The summed E-state index contributed by atoms with van der Waals surface area (Å²) in [5.41, 5.74) is 9.33. The molecule has 1 aliphatic heterocycles. The molecule has 3 nitrogen and oxygen atoms in total. The first kappa shape index (κ1) is 13.7. The number of aryl methyl sites for hydroxylation is 1. The zero-order chi connectivity index (χ0) is 14.8. The third-order valence-electron chi connectivity index (χ3n) is 4.05.